The first-order chi connectivity index (χ1) is 9.25. The van der Waals surface area contributed by atoms with Crippen LogP contribution < -0.4 is 9.47 Å². The second kappa shape index (κ2) is 4.11. The normalized spacial score (nSPS) is 28.6. The fraction of sp³-hybridized carbons (Fsp3) is 0.462. The van der Waals surface area contributed by atoms with Crippen LogP contribution in [0.2, 0.25) is 0 Å². The minimum absolute atomic E-state index is 0.154. The molecule has 3 heterocycles. The van der Waals surface area contributed by atoms with Crippen LogP contribution in [0.5, 0.6) is 11.5 Å². The highest BCUT2D eigenvalue weighted by Crippen LogP contribution is 2.49. The molecule has 100 valence electrons. The Labute approximate surface area is 118 Å². The van der Waals surface area contributed by atoms with Crippen molar-refractivity contribution in [3.63, 3.8) is 0 Å². The standard InChI is InChI=1S/C13H12BrNO4/c14-15-5-1-2-8(15)11-10-7(13(16)19-11)3-4-9-12(10)18-6-17-9/h3-4,8,11H,1-2,5-6H2/t8-,11?/m0/s1. The van der Waals surface area contributed by atoms with Gasteiger partial charge in [-0.15, -0.1) is 0 Å². The fourth-order valence-electron chi connectivity index (χ4n) is 3.02. The van der Waals surface area contributed by atoms with Crippen molar-refractivity contribution < 1.29 is 19.0 Å². The Morgan fingerprint density at radius 3 is 3.00 bits per heavy atom. The molecule has 1 aromatic rings. The Balaban J connectivity index is 1.82. The minimum Gasteiger partial charge on any atom is -0.454 e. The smallest absolute Gasteiger partial charge is 0.339 e. The van der Waals surface area contributed by atoms with Crippen molar-refractivity contribution in [3.05, 3.63) is 23.3 Å². The molecule has 6 heteroatoms. The molecule has 0 saturated carbocycles. The van der Waals surface area contributed by atoms with Crippen LogP contribution in [0.4, 0.5) is 0 Å². The van der Waals surface area contributed by atoms with E-state index >= 15 is 0 Å². The third kappa shape index (κ3) is 1.59. The SMILES string of the molecule is O=C1OC([C@@H]2CCCN2Br)c2c1ccc1c2OCO1. The number of cyclic esters (lactones) is 1. The van der Waals surface area contributed by atoms with E-state index in [0.717, 1.165) is 24.9 Å². The van der Waals surface area contributed by atoms with Crippen molar-refractivity contribution in [2.45, 2.75) is 25.0 Å². The van der Waals surface area contributed by atoms with E-state index in [0.29, 0.717) is 17.1 Å². The van der Waals surface area contributed by atoms with Crippen molar-refractivity contribution in [2.24, 2.45) is 0 Å². The van der Waals surface area contributed by atoms with Crippen LogP contribution in [0.1, 0.15) is 34.9 Å². The molecule has 19 heavy (non-hydrogen) atoms. The van der Waals surface area contributed by atoms with E-state index in [1.807, 2.05) is 0 Å². The van der Waals surface area contributed by atoms with Crippen molar-refractivity contribution in [1.29, 1.82) is 0 Å². The van der Waals surface area contributed by atoms with Crippen LogP contribution >= 0.6 is 16.1 Å². The Hall–Kier alpha value is -1.27. The molecule has 0 N–H and O–H groups in total. The van der Waals surface area contributed by atoms with E-state index in [9.17, 15) is 4.79 Å². The summed E-state index contributed by atoms with van der Waals surface area (Å²) in [5.74, 6) is 1.09. The van der Waals surface area contributed by atoms with Crippen LogP contribution in [0.3, 0.4) is 0 Å². The Morgan fingerprint density at radius 1 is 1.32 bits per heavy atom. The lowest BCUT2D eigenvalue weighted by atomic mass is 9.97. The van der Waals surface area contributed by atoms with Crippen LogP contribution in [0, 0.1) is 0 Å². The van der Waals surface area contributed by atoms with Gasteiger partial charge in [0.1, 0.15) is 6.10 Å². The van der Waals surface area contributed by atoms with E-state index in [1.165, 1.54) is 0 Å². The number of carbonyl (C=O) groups excluding carboxylic acids is 1. The van der Waals surface area contributed by atoms with E-state index in [2.05, 4.69) is 20.1 Å². The zero-order valence-corrected chi connectivity index (χ0v) is 11.7. The lowest BCUT2D eigenvalue weighted by molar-refractivity contribution is 0.0256. The molecule has 5 nitrogen and oxygen atoms in total. The van der Waals surface area contributed by atoms with E-state index in [4.69, 9.17) is 14.2 Å². The van der Waals surface area contributed by atoms with Gasteiger partial charge < -0.3 is 14.2 Å². The summed E-state index contributed by atoms with van der Waals surface area (Å²) in [5, 5.41) is 0. The number of nitrogens with zero attached hydrogens (tertiary/aromatic N) is 1. The van der Waals surface area contributed by atoms with Crippen LogP contribution in [-0.4, -0.2) is 29.3 Å². The summed E-state index contributed by atoms with van der Waals surface area (Å²) in [6.45, 7) is 1.16. The predicted molar refractivity (Wildman–Crippen MR) is 69.4 cm³/mol. The van der Waals surface area contributed by atoms with Gasteiger partial charge >= 0.3 is 5.97 Å². The lowest BCUT2D eigenvalue weighted by Crippen LogP contribution is -2.27. The van der Waals surface area contributed by atoms with Gasteiger partial charge in [0.25, 0.3) is 0 Å². The molecule has 1 fully saturated rings. The van der Waals surface area contributed by atoms with E-state index in [1.54, 1.807) is 12.1 Å². The Bertz CT molecular complexity index is 562. The minimum atomic E-state index is -0.277. The third-order valence-electron chi connectivity index (χ3n) is 3.90. The number of hydrogen-bond donors (Lipinski definition) is 0. The average Bonchev–Trinajstić information content (AvgIpc) is 3.07. The number of carbonyl (C=O) groups is 1. The summed E-state index contributed by atoms with van der Waals surface area (Å²) in [6, 6.07) is 3.69. The zero-order valence-electron chi connectivity index (χ0n) is 10.1. The highest BCUT2D eigenvalue weighted by molar-refractivity contribution is 9.07. The summed E-state index contributed by atoms with van der Waals surface area (Å²) in [7, 11) is 0. The average molecular weight is 326 g/mol. The predicted octanol–water partition coefficient (Wildman–Crippen LogP) is 2.40. The maximum absolute atomic E-state index is 12.0. The molecule has 0 aliphatic carbocycles. The number of esters is 1. The molecule has 0 radical (unpaired) electrons. The van der Waals surface area contributed by atoms with Crippen LogP contribution in [0.15, 0.2) is 12.1 Å². The number of hydrogen-bond acceptors (Lipinski definition) is 5. The second-order valence-corrected chi connectivity index (χ2v) is 5.83. The molecule has 0 bridgehead atoms. The fourth-order valence-corrected chi connectivity index (χ4v) is 3.69. The Morgan fingerprint density at radius 2 is 2.21 bits per heavy atom. The van der Waals surface area contributed by atoms with Crippen molar-refractivity contribution >= 4 is 22.1 Å². The molecule has 1 unspecified atom stereocenters. The molecule has 0 spiro atoms. The number of ether oxygens (including phenoxy) is 3. The van der Waals surface area contributed by atoms with Gasteiger partial charge in [-0.1, -0.05) is 0 Å². The summed E-state index contributed by atoms with van der Waals surface area (Å²) in [6.07, 6.45) is 1.81. The molecule has 1 saturated heterocycles. The topological polar surface area (TPSA) is 48.0 Å². The van der Waals surface area contributed by atoms with Gasteiger partial charge in [-0.2, -0.15) is 0 Å². The lowest BCUT2D eigenvalue weighted by Gasteiger charge is -2.23. The number of benzene rings is 1. The van der Waals surface area contributed by atoms with Crippen LogP contribution in [-0.2, 0) is 4.74 Å². The summed E-state index contributed by atoms with van der Waals surface area (Å²) < 4.78 is 18.5. The molecule has 4 rings (SSSR count). The van der Waals surface area contributed by atoms with Gasteiger partial charge in [0.05, 0.1) is 17.2 Å². The molecule has 0 aromatic heterocycles. The Kier molecular flexibility index (Phi) is 2.50. The number of fused-ring (bicyclic) bond motifs is 3. The van der Waals surface area contributed by atoms with Crippen LogP contribution in [0.25, 0.3) is 0 Å². The first-order valence-corrected chi connectivity index (χ1v) is 7.02. The largest absolute Gasteiger partial charge is 0.454 e. The number of halogens is 1. The maximum atomic E-state index is 12.0. The highest BCUT2D eigenvalue weighted by Gasteiger charge is 2.44. The quantitative estimate of drug-likeness (QED) is 0.586. The molecule has 3 aliphatic heterocycles. The molecular weight excluding hydrogens is 314 g/mol. The second-order valence-electron chi connectivity index (χ2n) is 4.92. The van der Waals surface area contributed by atoms with E-state index in [-0.39, 0.29) is 24.9 Å². The molecule has 3 aliphatic rings. The molecular formula is C13H12BrNO4. The van der Waals surface area contributed by atoms with Gasteiger partial charge in [-0.05, 0) is 25.0 Å². The van der Waals surface area contributed by atoms with Crippen molar-refractivity contribution in [2.75, 3.05) is 13.3 Å². The van der Waals surface area contributed by atoms with E-state index < -0.39 is 0 Å². The van der Waals surface area contributed by atoms with Gasteiger partial charge in [0.15, 0.2) is 11.5 Å². The summed E-state index contributed by atoms with van der Waals surface area (Å²) in [4.78, 5) is 12.0. The van der Waals surface area contributed by atoms with Crippen molar-refractivity contribution in [3.8, 4) is 11.5 Å². The third-order valence-corrected chi connectivity index (χ3v) is 4.78. The van der Waals surface area contributed by atoms with Gasteiger partial charge in [0, 0.05) is 22.7 Å². The summed E-state index contributed by atoms with van der Waals surface area (Å²) in [5.41, 5.74) is 1.44. The van der Waals surface area contributed by atoms with Gasteiger partial charge in [0.2, 0.25) is 6.79 Å². The first kappa shape index (κ1) is 11.5. The molecule has 0 amide bonds. The van der Waals surface area contributed by atoms with Gasteiger partial charge in [-0.3, -0.25) is 0 Å². The van der Waals surface area contributed by atoms with Crippen molar-refractivity contribution in [1.82, 2.24) is 3.93 Å². The first-order valence-electron chi connectivity index (χ1n) is 6.31. The van der Waals surface area contributed by atoms with Gasteiger partial charge in [-0.25, -0.2) is 8.72 Å². The highest BCUT2D eigenvalue weighted by atomic mass is 79.9. The monoisotopic (exact) mass is 325 g/mol. The zero-order chi connectivity index (χ0) is 13.0. The molecule has 1 aromatic carbocycles. The number of rotatable bonds is 1. The molecule has 2 atom stereocenters. The summed E-state index contributed by atoms with van der Waals surface area (Å²) >= 11 is 3.54. The maximum Gasteiger partial charge on any atom is 0.339 e.